The smallest absolute Gasteiger partial charge is 0.275 e. The van der Waals surface area contributed by atoms with Crippen molar-refractivity contribution in [1.29, 1.82) is 0 Å². The predicted molar refractivity (Wildman–Crippen MR) is 79.1 cm³/mol. The van der Waals surface area contributed by atoms with Gasteiger partial charge in [-0.25, -0.2) is 4.98 Å². The molecule has 0 aliphatic carbocycles. The van der Waals surface area contributed by atoms with Crippen LogP contribution in [0.15, 0.2) is 24.4 Å². The predicted octanol–water partition coefficient (Wildman–Crippen LogP) is 2.30. The SMILES string of the molecule is Cc1n[nH]c(C)c1[C@H](C)NC(=O)c1nc2ccccn2c1F. The number of halogens is 1. The molecule has 0 aliphatic heterocycles. The van der Waals surface area contributed by atoms with Crippen LogP contribution < -0.4 is 5.32 Å². The largest absolute Gasteiger partial charge is 0.344 e. The molecule has 0 bridgehead atoms. The van der Waals surface area contributed by atoms with Gasteiger partial charge in [0.1, 0.15) is 5.65 Å². The van der Waals surface area contributed by atoms with Gasteiger partial charge < -0.3 is 5.32 Å². The minimum Gasteiger partial charge on any atom is -0.344 e. The number of aromatic nitrogens is 4. The van der Waals surface area contributed by atoms with Crippen LogP contribution in [-0.4, -0.2) is 25.5 Å². The highest BCUT2D eigenvalue weighted by molar-refractivity contribution is 5.93. The van der Waals surface area contributed by atoms with Gasteiger partial charge in [-0.2, -0.15) is 9.49 Å². The maximum absolute atomic E-state index is 14.3. The number of pyridine rings is 1. The van der Waals surface area contributed by atoms with E-state index in [1.54, 1.807) is 18.2 Å². The zero-order chi connectivity index (χ0) is 15.9. The molecule has 0 radical (unpaired) electrons. The second-order valence-electron chi connectivity index (χ2n) is 5.22. The number of nitrogens with one attached hydrogen (secondary N) is 2. The summed E-state index contributed by atoms with van der Waals surface area (Å²) in [6.45, 7) is 5.56. The number of hydrogen-bond donors (Lipinski definition) is 2. The summed E-state index contributed by atoms with van der Waals surface area (Å²) in [4.78, 5) is 16.3. The van der Waals surface area contributed by atoms with Gasteiger partial charge in [-0.1, -0.05) is 6.07 Å². The second kappa shape index (κ2) is 5.25. The highest BCUT2D eigenvalue weighted by atomic mass is 19.1. The van der Waals surface area contributed by atoms with Gasteiger partial charge in [0.15, 0.2) is 5.69 Å². The topological polar surface area (TPSA) is 75.1 Å². The Hall–Kier alpha value is -2.70. The highest BCUT2D eigenvalue weighted by Gasteiger charge is 2.22. The molecule has 7 heteroatoms. The van der Waals surface area contributed by atoms with E-state index in [0.717, 1.165) is 17.0 Å². The fraction of sp³-hybridized carbons (Fsp3) is 0.267. The van der Waals surface area contributed by atoms with E-state index in [4.69, 9.17) is 0 Å². The van der Waals surface area contributed by atoms with Crippen molar-refractivity contribution in [2.75, 3.05) is 0 Å². The fourth-order valence-electron chi connectivity index (χ4n) is 2.65. The van der Waals surface area contributed by atoms with Crippen LogP contribution in [0.2, 0.25) is 0 Å². The fourth-order valence-corrected chi connectivity index (χ4v) is 2.65. The van der Waals surface area contributed by atoms with Gasteiger partial charge in [0.2, 0.25) is 5.95 Å². The summed E-state index contributed by atoms with van der Waals surface area (Å²) >= 11 is 0. The number of rotatable bonds is 3. The van der Waals surface area contributed by atoms with Crippen LogP contribution in [0.3, 0.4) is 0 Å². The summed E-state index contributed by atoms with van der Waals surface area (Å²) in [5, 5.41) is 9.74. The van der Waals surface area contributed by atoms with Crippen molar-refractivity contribution in [3.8, 4) is 0 Å². The number of aryl methyl sites for hydroxylation is 2. The Labute approximate surface area is 126 Å². The molecule has 0 spiro atoms. The lowest BCUT2D eigenvalue weighted by Gasteiger charge is -2.13. The van der Waals surface area contributed by atoms with Gasteiger partial charge in [0.05, 0.1) is 11.7 Å². The summed E-state index contributed by atoms with van der Waals surface area (Å²) in [6.07, 6.45) is 1.53. The number of hydrogen-bond acceptors (Lipinski definition) is 3. The third kappa shape index (κ3) is 2.24. The number of carbonyl (C=O) groups excluding carboxylic acids is 1. The molecule has 3 aromatic heterocycles. The first-order chi connectivity index (χ1) is 10.5. The van der Waals surface area contributed by atoms with Gasteiger partial charge in [-0.15, -0.1) is 0 Å². The van der Waals surface area contributed by atoms with Crippen LogP contribution >= 0.6 is 0 Å². The minimum absolute atomic E-state index is 0.211. The summed E-state index contributed by atoms with van der Waals surface area (Å²) in [6, 6.07) is 4.77. The first-order valence-corrected chi connectivity index (χ1v) is 6.94. The lowest BCUT2D eigenvalue weighted by Crippen LogP contribution is -2.28. The van der Waals surface area contributed by atoms with Crippen molar-refractivity contribution < 1.29 is 9.18 Å². The molecule has 0 fully saturated rings. The van der Waals surface area contributed by atoms with E-state index in [1.807, 2.05) is 20.8 Å². The van der Waals surface area contributed by atoms with Gasteiger partial charge in [-0.05, 0) is 32.9 Å². The van der Waals surface area contributed by atoms with Crippen molar-refractivity contribution >= 4 is 11.6 Å². The Balaban J connectivity index is 1.89. The number of aromatic amines is 1. The summed E-state index contributed by atoms with van der Waals surface area (Å²) in [5.74, 6) is -1.21. The molecule has 3 aromatic rings. The third-order valence-electron chi connectivity index (χ3n) is 3.65. The quantitative estimate of drug-likeness (QED) is 0.779. The van der Waals surface area contributed by atoms with Crippen molar-refractivity contribution in [1.82, 2.24) is 24.9 Å². The van der Waals surface area contributed by atoms with Crippen molar-refractivity contribution in [3.63, 3.8) is 0 Å². The molecule has 22 heavy (non-hydrogen) atoms. The maximum Gasteiger partial charge on any atom is 0.275 e. The number of imidazole rings is 1. The molecule has 1 amide bonds. The van der Waals surface area contributed by atoms with Crippen LogP contribution in [0, 0.1) is 19.8 Å². The standard InChI is InChI=1S/C15H16FN5O/c1-8(12-9(2)19-20-10(12)3)17-15(22)13-14(16)21-7-5-4-6-11(21)18-13/h4-8H,1-3H3,(H,17,22)(H,19,20)/t8-/m0/s1. The van der Waals surface area contributed by atoms with Gasteiger partial charge >= 0.3 is 0 Å². The highest BCUT2D eigenvalue weighted by Crippen LogP contribution is 2.20. The van der Waals surface area contributed by atoms with Crippen molar-refractivity contribution in [2.45, 2.75) is 26.8 Å². The first-order valence-electron chi connectivity index (χ1n) is 6.94. The van der Waals surface area contributed by atoms with E-state index in [9.17, 15) is 9.18 Å². The van der Waals surface area contributed by atoms with Gasteiger partial charge in [-0.3, -0.25) is 14.3 Å². The molecular weight excluding hydrogens is 285 g/mol. The van der Waals surface area contributed by atoms with Crippen LogP contribution in [0.1, 0.15) is 40.4 Å². The second-order valence-corrected chi connectivity index (χ2v) is 5.22. The molecule has 3 heterocycles. The number of fused-ring (bicyclic) bond motifs is 1. The number of amides is 1. The molecular formula is C15H16FN5O. The van der Waals surface area contributed by atoms with Crippen molar-refractivity contribution in [3.05, 3.63) is 53.0 Å². The monoisotopic (exact) mass is 301 g/mol. The Bertz CT molecular complexity index is 831. The molecule has 6 nitrogen and oxygen atoms in total. The van der Waals surface area contributed by atoms with E-state index in [2.05, 4.69) is 20.5 Å². The van der Waals surface area contributed by atoms with E-state index >= 15 is 0 Å². The molecule has 0 saturated heterocycles. The Morgan fingerprint density at radius 1 is 1.41 bits per heavy atom. The third-order valence-corrected chi connectivity index (χ3v) is 3.65. The average Bonchev–Trinajstić information content (AvgIpc) is 3.00. The summed E-state index contributed by atoms with van der Waals surface area (Å²) < 4.78 is 15.5. The van der Waals surface area contributed by atoms with Crippen LogP contribution in [-0.2, 0) is 0 Å². The lowest BCUT2D eigenvalue weighted by atomic mass is 10.1. The average molecular weight is 301 g/mol. The lowest BCUT2D eigenvalue weighted by molar-refractivity contribution is 0.0930. The van der Waals surface area contributed by atoms with Crippen LogP contribution in [0.5, 0.6) is 0 Å². The van der Waals surface area contributed by atoms with Gasteiger partial charge in [0.25, 0.3) is 5.91 Å². The van der Waals surface area contributed by atoms with Crippen LogP contribution in [0.25, 0.3) is 5.65 Å². The molecule has 0 aromatic carbocycles. The van der Waals surface area contributed by atoms with E-state index in [-0.39, 0.29) is 11.7 Å². The zero-order valence-corrected chi connectivity index (χ0v) is 12.5. The molecule has 0 aliphatic rings. The van der Waals surface area contributed by atoms with E-state index in [1.165, 1.54) is 10.6 Å². The minimum atomic E-state index is -0.666. The van der Waals surface area contributed by atoms with Crippen molar-refractivity contribution in [2.24, 2.45) is 0 Å². The Morgan fingerprint density at radius 2 is 2.18 bits per heavy atom. The Kier molecular flexibility index (Phi) is 3.40. The summed E-state index contributed by atoms with van der Waals surface area (Å²) in [7, 11) is 0. The molecule has 2 N–H and O–H groups in total. The summed E-state index contributed by atoms with van der Waals surface area (Å²) in [5.41, 5.74) is 2.77. The van der Waals surface area contributed by atoms with E-state index < -0.39 is 11.9 Å². The molecule has 0 unspecified atom stereocenters. The van der Waals surface area contributed by atoms with Crippen LogP contribution in [0.4, 0.5) is 4.39 Å². The molecule has 114 valence electrons. The maximum atomic E-state index is 14.3. The molecule has 0 saturated carbocycles. The Morgan fingerprint density at radius 3 is 2.82 bits per heavy atom. The normalized spacial score (nSPS) is 12.5. The zero-order valence-electron chi connectivity index (χ0n) is 12.5. The number of H-pyrrole nitrogens is 1. The molecule has 3 rings (SSSR count). The molecule has 1 atom stereocenters. The van der Waals surface area contributed by atoms with Gasteiger partial charge in [0, 0.05) is 17.5 Å². The first kappa shape index (κ1) is 14.2. The number of nitrogens with zero attached hydrogens (tertiary/aromatic N) is 3. The van der Waals surface area contributed by atoms with E-state index in [0.29, 0.717) is 5.65 Å². The number of carbonyl (C=O) groups is 1.